The third-order valence-corrected chi connectivity index (χ3v) is 7.29. The molecule has 0 aliphatic carbocycles. The molecule has 0 saturated carbocycles. The van der Waals surface area contributed by atoms with Crippen LogP contribution in [0.3, 0.4) is 0 Å². The Bertz CT molecular complexity index is 1100. The van der Waals surface area contributed by atoms with Crippen molar-refractivity contribution < 1.29 is 4.79 Å². The first-order valence-corrected chi connectivity index (χ1v) is 13.4. The molecule has 6 nitrogen and oxygen atoms in total. The summed E-state index contributed by atoms with van der Waals surface area (Å²) >= 11 is 7.90. The summed E-state index contributed by atoms with van der Waals surface area (Å²) in [6.07, 6.45) is 0.908. The van der Waals surface area contributed by atoms with Crippen LogP contribution in [0.25, 0.3) is 0 Å². The van der Waals surface area contributed by atoms with Crippen molar-refractivity contribution in [3.05, 3.63) is 82.5 Å². The third-order valence-electron chi connectivity index (χ3n) is 6.18. The monoisotopic (exact) mass is 509 g/mol. The van der Waals surface area contributed by atoms with Gasteiger partial charge in [-0.05, 0) is 36.6 Å². The van der Waals surface area contributed by atoms with Gasteiger partial charge in [0.15, 0.2) is 5.16 Å². The van der Waals surface area contributed by atoms with Crippen molar-refractivity contribution in [1.82, 2.24) is 20.2 Å². The molecule has 1 unspecified atom stereocenters. The predicted octanol–water partition coefficient (Wildman–Crippen LogP) is 5.27. The summed E-state index contributed by atoms with van der Waals surface area (Å²) in [6.45, 7) is 8.81. The molecular formula is C27H32ClN5OS. The molecular weight excluding hydrogens is 478 g/mol. The maximum absolute atomic E-state index is 12.3. The molecule has 1 aliphatic rings. The molecule has 2 aromatic carbocycles. The molecule has 0 radical (unpaired) electrons. The van der Waals surface area contributed by atoms with Crippen LogP contribution < -0.4 is 10.2 Å². The quantitative estimate of drug-likeness (QED) is 0.241. The number of hydrogen-bond acceptors (Lipinski definition) is 6. The second-order valence-electron chi connectivity index (χ2n) is 8.85. The predicted molar refractivity (Wildman–Crippen MR) is 144 cm³/mol. The van der Waals surface area contributed by atoms with E-state index in [1.54, 1.807) is 11.8 Å². The Balaban J connectivity index is 1.31. The van der Waals surface area contributed by atoms with Crippen LogP contribution in [0.15, 0.2) is 65.8 Å². The highest BCUT2D eigenvalue weighted by molar-refractivity contribution is 7.98. The normalized spacial score (nSPS) is 15.1. The van der Waals surface area contributed by atoms with E-state index in [-0.39, 0.29) is 11.9 Å². The first kappa shape index (κ1) is 25.5. The zero-order valence-corrected chi connectivity index (χ0v) is 21.9. The molecule has 1 fully saturated rings. The number of hydrogen-bond donors (Lipinski definition) is 1. The van der Waals surface area contributed by atoms with Crippen molar-refractivity contribution in [3.63, 3.8) is 0 Å². The lowest BCUT2D eigenvalue weighted by atomic mass is 10.1. The number of aromatic nitrogens is 2. The van der Waals surface area contributed by atoms with Crippen LogP contribution >= 0.6 is 23.4 Å². The summed E-state index contributed by atoms with van der Waals surface area (Å²) in [5.74, 6) is 1.55. The van der Waals surface area contributed by atoms with Gasteiger partial charge in [-0.2, -0.15) is 0 Å². The second-order valence-corrected chi connectivity index (χ2v) is 10.2. The van der Waals surface area contributed by atoms with Gasteiger partial charge in [0.25, 0.3) is 5.91 Å². The van der Waals surface area contributed by atoms with Crippen LogP contribution in [0, 0.1) is 0 Å². The van der Waals surface area contributed by atoms with Crippen LogP contribution in [0.4, 0.5) is 5.82 Å². The molecule has 8 heteroatoms. The first-order valence-electron chi connectivity index (χ1n) is 12.1. The van der Waals surface area contributed by atoms with Gasteiger partial charge in [-0.3, -0.25) is 9.69 Å². The minimum Gasteiger partial charge on any atom is -0.354 e. The first-order chi connectivity index (χ1) is 17.0. The number of benzene rings is 2. The van der Waals surface area contributed by atoms with Crippen molar-refractivity contribution in [2.45, 2.75) is 43.8 Å². The molecule has 1 aromatic heterocycles. The highest BCUT2D eigenvalue weighted by Crippen LogP contribution is 2.25. The number of rotatable bonds is 9. The molecule has 1 amide bonds. The van der Waals surface area contributed by atoms with Crippen molar-refractivity contribution in [1.29, 1.82) is 0 Å². The number of piperazine rings is 1. The fourth-order valence-electron chi connectivity index (χ4n) is 3.90. The molecule has 1 atom stereocenters. The van der Waals surface area contributed by atoms with Crippen molar-refractivity contribution in [2.24, 2.45) is 0 Å². The van der Waals surface area contributed by atoms with E-state index in [4.69, 9.17) is 16.6 Å². The maximum atomic E-state index is 12.3. The Hall–Kier alpha value is -2.61. The Morgan fingerprint density at radius 3 is 2.43 bits per heavy atom. The average Bonchev–Trinajstić information content (AvgIpc) is 2.88. The molecule has 4 rings (SSSR count). The lowest BCUT2D eigenvalue weighted by Gasteiger charge is -2.35. The van der Waals surface area contributed by atoms with Gasteiger partial charge >= 0.3 is 0 Å². The van der Waals surface area contributed by atoms with Crippen LogP contribution in [-0.2, 0) is 12.3 Å². The van der Waals surface area contributed by atoms with Gasteiger partial charge in [0, 0.05) is 56.1 Å². The minimum absolute atomic E-state index is 0.0368. The molecule has 1 N–H and O–H groups in total. The second kappa shape index (κ2) is 12.4. The summed E-state index contributed by atoms with van der Waals surface area (Å²) in [5.41, 5.74) is 3.12. The zero-order chi connectivity index (χ0) is 24.6. The highest BCUT2D eigenvalue weighted by Gasteiger charge is 2.19. The number of carbonyl (C=O) groups excluding carboxylic acids is 1. The van der Waals surface area contributed by atoms with Crippen LogP contribution in [0.1, 0.15) is 41.8 Å². The molecule has 1 aliphatic heterocycles. The van der Waals surface area contributed by atoms with Gasteiger partial charge in [-0.15, -0.1) is 0 Å². The van der Waals surface area contributed by atoms with E-state index < -0.39 is 0 Å². The smallest absolute Gasteiger partial charge is 0.251 e. The number of nitrogens with zero attached hydrogens (tertiary/aromatic N) is 4. The minimum atomic E-state index is -0.0368. The van der Waals surface area contributed by atoms with E-state index in [1.807, 2.05) is 37.3 Å². The Kier molecular flexibility index (Phi) is 9.01. The number of amides is 1. The molecule has 0 spiro atoms. The van der Waals surface area contributed by atoms with Crippen LogP contribution in [-0.4, -0.2) is 53.0 Å². The van der Waals surface area contributed by atoms with Gasteiger partial charge in [0.1, 0.15) is 11.0 Å². The van der Waals surface area contributed by atoms with Gasteiger partial charge in [0.05, 0.1) is 0 Å². The Morgan fingerprint density at radius 1 is 1.03 bits per heavy atom. The van der Waals surface area contributed by atoms with Gasteiger partial charge < -0.3 is 10.2 Å². The van der Waals surface area contributed by atoms with E-state index in [0.717, 1.165) is 50.5 Å². The molecule has 1 saturated heterocycles. The summed E-state index contributed by atoms with van der Waals surface area (Å²) in [5, 5.41) is 4.12. The fraction of sp³-hybridized carbons (Fsp3) is 0.370. The fourth-order valence-corrected chi connectivity index (χ4v) is 4.94. The number of thioether (sulfide) groups is 1. The van der Waals surface area contributed by atoms with E-state index in [1.165, 1.54) is 5.56 Å². The van der Waals surface area contributed by atoms with Crippen LogP contribution in [0.5, 0.6) is 0 Å². The number of carbonyl (C=O) groups is 1. The third kappa shape index (κ3) is 7.43. The standard InChI is InChI=1S/C27H32ClN5OS/c1-3-20(2)29-26(34)23-11-9-22(10-12-23)19-35-27-30-24(28)17-25(31-27)33-15-13-32(14-16-33)18-21-7-5-4-6-8-21/h4-12,17,20H,3,13-16,18-19H2,1-2H3,(H,29,34). The van der Waals surface area contributed by atoms with E-state index in [2.05, 4.69) is 57.4 Å². The van der Waals surface area contributed by atoms with Crippen molar-refractivity contribution in [2.75, 3.05) is 31.1 Å². The summed E-state index contributed by atoms with van der Waals surface area (Å²) in [6, 6.07) is 20.3. The van der Waals surface area contributed by atoms with E-state index >= 15 is 0 Å². The molecule has 0 bridgehead atoms. The zero-order valence-electron chi connectivity index (χ0n) is 20.3. The molecule has 2 heterocycles. The number of anilines is 1. The average molecular weight is 510 g/mol. The van der Waals surface area contributed by atoms with Crippen molar-refractivity contribution in [3.8, 4) is 0 Å². The molecule has 184 valence electrons. The van der Waals surface area contributed by atoms with Crippen LogP contribution in [0.2, 0.25) is 5.15 Å². The number of nitrogens with one attached hydrogen (secondary N) is 1. The summed E-state index contributed by atoms with van der Waals surface area (Å²) in [4.78, 5) is 26.2. The topological polar surface area (TPSA) is 61.4 Å². The lowest BCUT2D eigenvalue weighted by molar-refractivity contribution is 0.0939. The maximum Gasteiger partial charge on any atom is 0.251 e. The summed E-state index contributed by atoms with van der Waals surface area (Å²) in [7, 11) is 0. The van der Waals surface area contributed by atoms with Gasteiger partial charge in [0.2, 0.25) is 0 Å². The van der Waals surface area contributed by atoms with Gasteiger partial charge in [-0.25, -0.2) is 9.97 Å². The van der Waals surface area contributed by atoms with E-state index in [0.29, 0.717) is 21.6 Å². The largest absolute Gasteiger partial charge is 0.354 e. The lowest BCUT2D eigenvalue weighted by Crippen LogP contribution is -2.46. The van der Waals surface area contributed by atoms with Crippen molar-refractivity contribution >= 4 is 35.1 Å². The molecule has 3 aromatic rings. The highest BCUT2D eigenvalue weighted by atomic mass is 35.5. The Morgan fingerprint density at radius 2 is 1.74 bits per heavy atom. The number of halogens is 1. The van der Waals surface area contributed by atoms with E-state index in [9.17, 15) is 4.79 Å². The SMILES string of the molecule is CCC(C)NC(=O)c1ccc(CSc2nc(Cl)cc(N3CCN(Cc4ccccc4)CC3)n2)cc1. The summed E-state index contributed by atoms with van der Waals surface area (Å²) < 4.78 is 0. The molecule has 35 heavy (non-hydrogen) atoms. The van der Waals surface area contributed by atoms with Gasteiger partial charge in [-0.1, -0.05) is 72.8 Å². The Labute approximate surface area is 217 Å².